The van der Waals surface area contributed by atoms with Crippen LogP contribution in [-0.4, -0.2) is 38.0 Å². The summed E-state index contributed by atoms with van der Waals surface area (Å²) < 4.78 is 0. The molecule has 0 unspecified atom stereocenters. The lowest BCUT2D eigenvalue weighted by Gasteiger charge is -2.17. The summed E-state index contributed by atoms with van der Waals surface area (Å²) in [4.78, 5) is 24.4. The van der Waals surface area contributed by atoms with Crippen molar-refractivity contribution in [3.8, 4) is 0 Å². The molecule has 0 saturated heterocycles. The van der Waals surface area contributed by atoms with E-state index < -0.39 is 4.92 Å². The summed E-state index contributed by atoms with van der Waals surface area (Å²) >= 11 is 0. The number of carbonyl (C=O) groups excluding carboxylic acids is 1. The lowest BCUT2D eigenvalue weighted by molar-refractivity contribution is -0.384. The van der Waals surface area contributed by atoms with Crippen molar-refractivity contribution in [1.82, 2.24) is 5.32 Å². The Morgan fingerprint density at radius 1 is 1.12 bits per heavy atom. The van der Waals surface area contributed by atoms with Crippen molar-refractivity contribution >= 4 is 23.0 Å². The highest BCUT2D eigenvalue weighted by Crippen LogP contribution is 2.18. The van der Waals surface area contributed by atoms with Gasteiger partial charge in [0.25, 0.3) is 11.6 Å². The van der Waals surface area contributed by atoms with Gasteiger partial charge in [-0.1, -0.05) is 18.2 Å². The molecule has 2 N–H and O–H groups in total. The predicted molar refractivity (Wildman–Crippen MR) is 94.7 cm³/mol. The summed E-state index contributed by atoms with van der Waals surface area (Å²) in [5, 5.41) is 16.6. The Labute approximate surface area is 140 Å². The third-order valence-electron chi connectivity index (χ3n) is 3.43. The van der Waals surface area contributed by atoms with E-state index in [1.54, 1.807) is 18.2 Å². The molecule has 0 spiro atoms. The van der Waals surface area contributed by atoms with Crippen LogP contribution in [0.1, 0.15) is 10.4 Å². The van der Waals surface area contributed by atoms with Crippen LogP contribution < -0.4 is 15.5 Å². The van der Waals surface area contributed by atoms with Crippen LogP contribution in [0.4, 0.5) is 17.1 Å². The molecule has 0 fully saturated rings. The maximum Gasteiger partial charge on any atom is 0.271 e. The first-order valence-corrected chi connectivity index (χ1v) is 7.52. The van der Waals surface area contributed by atoms with Crippen LogP contribution in [-0.2, 0) is 0 Å². The molecule has 0 aliphatic rings. The minimum absolute atomic E-state index is 0.0314. The largest absolute Gasteiger partial charge is 0.383 e. The summed E-state index contributed by atoms with van der Waals surface area (Å²) in [7, 11) is 3.77. The third kappa shape index (κ3) is 4.45. The van der Waals surface area contributed by atoms with E-state index in [4.69, 9.17) is 0 Å². The molecule has 0 bridgehead atoms. The minimum Gasteiger partial charge on any atom is -0.383 e. The standard InChI is InChI=1S/C17H20N4O3/c1-20(2)16-9-4-3-8-15(16)17(22)19-11-10-18-13-6-5-7-14(12-13)21(23)24/h3-9,12,18H,10-11H2,1-2H3,(H,19,22). The van der Waals surface area contributed by atoms with Crippen LogP contribution in [0.3, 0.4) is 0 Å². The predicted octanol–water partition coefficient (Wildman–Crippen LogP) is 2.50. The van der Waals surface area contributed by atoms with E-state index in [-0.39, 0.29) is 11.6 Å². The Morgan fingerprint density at radius 2 is 1.88 bits per heavy atom. The van der Waals surface area contributed by atoms with Crippen LogP contribution >= 0.6 is 0 Å². The van der Waals surface area contributed by atoms with E-state index in [2.05, 4.69) is 10.6 Å². The van der Waals surface area contributed by atoms with Gasteiger partial charge in [-0.2, -0.15) is 0 Å². The zero-order valence-electron chi connectivity index (χ0n) is 13.7. The minimum atomic E-state index is -0.439. The van der Waals surface area contributed by atoms with Gasteiger partial charge in [0, 0.05) is 50.7 Å². The van der Waals surface area contributed by atoms with Gasteiger partial charge in [-0.25, -0.2) is 0 Å². The second-order valence-corrected chi connectivity index (χ2v) is 5.40. The molecule has 0 radical (unpaired) electrons. The normalized spacial score (nSPS) is 10.1. The fourth-order valence-corrected chi connectivity index (χ4v) is 2.26. The number of amides is 1. The van der Waals surface area contributed by atoms with Crippen molar-refractivity contribution in [3.63, 3.8) is 0 Å². The van der Waals surface area contributed by atoms with E-state index in [1.807, 2.05) is 37.2 Å². The van der Waals surface area contributed by atoms with Gasteiger partial charge in [0.05, 0.1) is 10.5 Å². The number of nitro groups is 1. The van der Waals surface area contributed by atoms with E-state index >= 15 is 0 Å². The van der Waals surface area contributed by atoms with Gasteiger partial charge < -0.3 is 15.5 Å². The van der Waals surface area contributed by atoms with Gasteiger partial charge in [-0.15, -0.1) is 0 Å². The fourth-order valence-electron chi connectivity index (χ4n) is 2.26. The number of para-hydroxylation sites is 1. The van der Waals surface area contributed by atoms with Crippen molar-refractivity contribution in [2.24, 2.45) is 0 Å². The number of non-ortho nitro benzene ring substituents is 1. The van der Waals surface area contributed by atoms with Gasteiger partial charge in [-0.3, -0.25) is 14.9 Å². The number of benzene rings is 2. The van der Waals surface area contributed by atoms with Crippen molar-refractivity contribution in [1.29, 1.82) is 0 Å². The zero-order chi connectivity index (χ0) is 17.5. The van der Waals surface area contributed by atoms with Crippen molar-refractivity contribution in [2.75, 3.05) is 37.4 Å². The summed E-state index contributed by atoms with van der Waals surface area (Å²) in [5.74, 6) is -0.153. The number of rotatable bonds is 7. The number of hydrogen-bond donors (Lipinski definition) is 2. The van der Waals surface area contributed by atoms with Gasteiger partial charge in [0.15, 0.2) is 0 Å². The molecule has 0 saturated carbocycles. The number of nitro benzene ring substituents is 1. The van der Waals surface area contributed by atoms with E-state index in [0.717, 1.165) is 5.69 Å². The molecule has 1 amide bonds. The molecular weight excluding hydrogens is 308 g/mol. The van der Waals surface area contributed by atoms with E-state index in [1.165, 1.54) is 12.1 Å². The summed E-state index contributed by atoms with van der Waals surface area (Å²) in [6, 6.07) is 13.6. The van der Waals surface area contributed by atoms with Crippen LogP contribution in [0.5, 0.6) is 0 Å². The van der Waals surface area contributed by atoms with E-state index in [0.29, 0.717) is 24.3 Å². The Bertz CT molecular complexity index is 731. The molecule has 0 heterocycles. The lowest BCUT2D eigenvalue weighted by Crippen LogP contribution is -2.30. The van der Waals surface area contributed by atoms with Crippen molar-refractivity contribution in [2.45, 2.75) is 0 Å². The van der Waals surface area contributed by atoms with Crippen LogP contribution in [0.15, 0.2) is 48.5 Å². The Morgan fingerprint density at radius 3 is 2.58 bits per heavy atom. The fraction of sp³-hybridized carbons (Fsp3) is 0.235. The van der Waals surface area contributed by atoms with Gasteiger partial charge in [0.1, 0.15) is 0 Å². The summed E-state index contributed by atoms with van der Waals surface area (Å²) in [6.07, 6.45) is 0. The number of nitrogens with one attached hydrogen (secondary N) is 2. The Balaban J connectivity index is 1.88. The van der Waals surface area contributed by atoms with Gasteiger partial charge >= 0.3 is 0 Å². The third-order valence-corrected chi connectivity index (χ3v) is 3.43. The Kier molecular flexibility index (Phi) is 5.73. The maximum absolute atomic E-state index is 12.3. The molecule has 0 atom stereocenters. The quantitative estimate of drug-likeness (QED) is 0.463. The topological polar surface area (TPSA) is 87.5 Å². The lowest BCUT2D eigenvalue weighted by atomic mass is 10.1. The first-order valence-electron chi connectivity index (χ1n) is 7.52. The average Bonchev–Trinajstić information content (AvgIpc) is 2.58. The average molecular weight is 328 g/mol. The second-order valence-electron chi connectivity index (χ2n) is 5.40. The Hall–Kier alpha value is -3.09. The molecule has 0 aliphatic heterocycles. The first kappa shape index (κ1) is 17.3. The second kappa shape index (κ2) is 7.96. The number of anilines is 2. The molecule has 0 aromatic heterocycles. The molecule has 24 heavy (non-hydrogen) atoms. The van der Waals surface area contributed by atoms with Crippen LogP contribution in [0, 0.1) is 10.1 Å². The molecular formula is C17H20N4O3. The maximum atomic E-state index is 12.3. The zero-order valence-corrected chi connectivity index (χ0v) is 13.7. The molecule has 126 valence electrons. The van der Waals surface area contributed by atoms with Crippen molar-refractivity contribution in [3.05, 3.63) is 64.2 Å². The molecule has 7 nitrogen and oxygen atoms in total. The first-order chi connectivity index (χ1) is 11.5. The molecule has 7 heteroatoms. The number of carbonyl (C=O) groups is 1. The van der Waals surface area contributed by atoms with E-state index in [9.17, 15) is 14.9 Å². The molecule has 2 aromatic carbocycles. The monoisotopic (exact) mass is 328 g/mol. The highest BCUT2D eigenvalue weighted by atomic mass is 16.6. The smallest absolute Gasteiger partial charge is 0.271 e. The van der Waals surface area contributed by atoms with Crippen LogP contribution in [0.25, 0.3) is 0 Å². The molecule has 2 aromatic rings. The summed E-state index contributed by atoms with van der Waals surface area (Å²) in [5.41, 5.74) is 2.13. The number of nitrogens with zero attached hydrogens (tertiary/aromatic N) is 2. The highest BCUT2D eigenvalue weighted by molar-refractivity contribution is 5.99. The molecule has 0 aliphatic carbocycles. The van der Waals surface area contributed by atoms with Crippen molar-refractivity contribution < 1.29 is 9.72 Å². The molecule has 2 rings (SSSR count). The summed E-state index contributed by atoms with van der Waals surface area (Å²) in [6.45, 7) is 0.875. The van der Waals surface area contributed by atoms with Crippen LogP contribution in [0.2, 0.25) is 0 Å². The van der Waals surface area contributed by atoms with Gasteiger partial charge in [0.2, 0.25) is 0 Å². The van der Waals surface area contributed by atoms with Gasteiger partial charge in [-0.05, 0) is 18.2 Å². The SMILES string of the molecule is CN(C)c1ccccc1C(=O)NCCNc1cccc([N+](=O)[O-])c1. The highest BCUT2D eigenvalue weighted by Gasteiger charge is 2.11. The number of hydrogen-bond acceptors (Lipinski definition) is 5.